The fourth-order valence-corrected chi connectivity index (χ4v) is 5.39. The summed E-state index contributed by atoms with van der Waals surface area (Å²) in [6, 6.07) is 3.54. The first-order valence-corrected chi connectivity index (χ1v) is 11.2. The maximum absolute atomic E-state index is 14.4. The predicted octanol–water partition coefficient (Wildman–Crippen LogP) is 4.54. The van der Waals surface area contributed by atoms with Crippen molar-refractivity contribution in [1.82, 2.24) is 4.72 Å². The molecule has 0 bridgehead atoms. The van der Waals surface area contributed by atoms with E-state index < -0.39 is 27.3 Å². The number of nitrogens with one attached hydrogen (secondary N) is 1. The Morgan fingerprint density at radius 1 is 1.33 bits per heavy atom. The minimum atomic E-state index is -4.07. The number of carbonyl (C=O) groups excluding carboxylic acids is 1. The molecule has 0 saturated heterocycles. The lowest BCUT2D eigenvalue weighted by Crippen LogP contribution is -2.30. The van der Waals surface area contributed by atoms with Crippen LogP contribution in [-0.2, 0) is 10.0 Å². The second-order valence-corrected chi connectivity index (χ2v) is 9.83. The standard InChI is InChI=1S/C18H19ClFNO4S2/c1-11-6-17(26-10-11)27(23,24)21-18(22)13-7-14(19)16(8-15(13)20)25-9-12-4-2-3-5-12/h6-8,10,12H,2-5,9H2,1H3,(H,21,22). The van der Waals surface area contributed by atoms with Crippen LogP contribution in [0.4, 0.5) is 4.39 Å². The molecule has 1 aromatic carbocycles. The number of thiophene rings is 1. The van der Waals surface area contributed by atoms with Gasteiger partial charge in [0.1, 0.15) is 15.8 Å². The molecule has 1 amide bonds. The topological polar surface area (TPSA) is 72.5 Å². The molecule has 0 atom stereocenters. The van der Waals surface area contributed by atoms with E-state index in [1.54, 1.807) is 12.3 Å². The predicted molar refractivity (Wildman–Crippen MR) is 103 cm³/mol. The third-order valence-electron chi connectivity index (χ3n) is 4.41. The van der Waals surface area contributed by atoms with Gasteiger partial charge >= 0.3 is 0 Å². The van der Waals surface area contributed by atoms with Crippen molar-refractivity contribution in [3.8, 4) is 5.75 Å². The number of halogens is 2. The van der Waals surface area contributed by atoms with E-state index in [1.165, 1.54) is 6.07 Å². The molecule has 0 spiro atoms. The third-order valence-corrected chi connectivity index (χ3v) is 7.60. The Morgan fingerprint density at radius 3 is 2.67 bits per heavy atom. The van der Waals surface area contributed by atoms with Gasteiger partial charge in [-0.1, -0.05) is 24.4 Å². The van der Waals surface area contributed by atoms with E-state index in [0.717, 1.165) is 54.7 Å². The maximum Gasteiger partial charge on any atom is 0.273 e. The van der Waals surface area contributed by atoms with Gasteiger partial charge in [0, 0.05) is 6.07 Å². The van der Waals surface area contributed by atoms with Crippen molar-refractivity contribution in [2.75, 3.05) is 6.61 Å². The second-order valence-electron chi connectivity index (χ2n) is 6.60. The first kappa shape index (κ1) is 20.1. The van der Waals surface area contributed by atoms with Crippen molar-refractivity contribution in [3.63, 3.8) is 0 Å². The van der Waals surface area contributed by atoms with Crippen LogP contribution >= 0.6 is 22.9 Å². The van der Waals surface area contributed by atoms with Gasteiger partial charge in [0.15, 0.2) is 0 Å². The Kier molecular flexibility index (Phi) is 6.08. The van der Waals surface area contributed by atoms with Crippen LogP contribution in [0.25, 0.3) is 0 Å². The lowest BCUT2D eigenvalue weighted by Gasteiger charge is -2.14. The molecule has 2 aromatic rings. The molecule has 1 aliphatic rings. The van der Waals surface area contributed by atoms with E-state index in [0.29, 0.717) is 12.5 Å². The van der Waals surface area contributed by atoms with Gasteiger partial charge in [0.2, 0.25) is 0 Å². The summed E-state index contributed by atoms with van der Waals surface area (Å²) in [6.07, 6.45) is 4.46. The zero-order chi connectivity index (χ0) is 19.6. The smallest absolute Gasteiger partial charge is 0.273 e. The van der Waals surface area contributed by atoms with Gasteiger partial charge in [-0.05, 0) is 48.8 Å². The molecule has 1 aliphatic carbocycles. The van der Waals surface area contributed by atoms with Crippen LogP contribution in [0.2, 0.25) is 5.02 Å². The highest BCUT2D eigenvalue weighted by Crippen LogP contribution is 2.31. The molecule has 0 radical (unpaired) electrons. The number of amides is 1. The fraction of sp³-hybridized carbons (Fsp3) is 0.389. The van der Waals surface area contributed by atoms with Gasteiger partial charge in [0.05, 0.1) is 17.2 Å². The molecule has 0 unspecified atom stereocenters. The Labute approximate surface area is 166 Å². The molecular weight excluding hydrogens is 413 g/mol. The molecule has 0 aliphatic heterocycles. The summed E-state index contributed by atoms with van der Waals surface area (Å²) in [5.41, 5.74) is 0.302. The number of carbonyl (C=O) groups is 1. The first-order chi connectivity index (χ1) is 12.8. The molecule has 146 valence electrons. The first-order valence-electron chi connectivity index (χ1n) is 8.50. The van der Waals surface area contributed by atoms with Crippen LogP contribution in [0.15, 0.2) is 27.8 Å². The monoisotopic (exact) mass is 431 g/mol. The highest BCUT2D eigenvalue weighted by molar-refractivity contribution is 7.92. The zero-order valence-corrected chi connectivity index (χ0v) is 17.0. The number of rotatable bonds is 6. The summed E-state index contributed by atoms with van der Waals surface area (Å²) in [4.78, 5) is 12.3. The molecule has 3 rings (SSSR count). The van der Waals surface area contributed by atoms with Crippen LogP contribution < -0.4 is 9.46 Å². The minimum absolute atomic E-state index is 0.0172. The number of sulfonamides is 1. The Bertz CT molecular complexity index is 952. The highest BCUT2D eigenvalue weighted by atomic mass is 35.5. The summed E-state index contributed by atoms with van der Waals surface area (Å²) in [5.74, 6) is -1.40. The largest absolute Gasteiger partial charge is 0.492 e. The van der Waals surface area contributed by atoms with Crippen molar-refractivity contribution in [2.45, 2.75) is 36.8 Å². The van der Waals surface area contributed by atoms with Crippen molar-refractivity contribution < 1.29 is 22.3 Å². The van der Waals surface area contributed by atoms with E-state index in [1.807, 2.05) is 4.72 Å². The lowest BCUT2D eigenvalue weighted by molar-refractivity contribution is 0.0977. The van der Waals surface area contributed by atoms with Crippen LogP contribution in [0.3, 0.4) is 0 Å². The molecule has 1 heterocycles. The fourth-order valence-electron chi connectivity index (χ4n) is 2.97. The highest BCUT2D eigenvalue weighted by Gasteiger charge is 2.24. The van der Waals surface area contributed by atoms with Gasteiger partial charge in [0.25, 0.3) is 15.9 Å². The number of hydrogen-bond donors (Lipinski definition) is 1. The van der Waals surface area contributed by atoms with Gasteiger partial charge < -0.3 is 4.74 Å². The number of benzene rings is 1. The van der Waals surface area contributed by atoms with Gasteiger partial charge in [-0.2, -0.15) is 0 Å². The molecule has 1 N–H and O–H groups in total. The molecular formula is C18H19ClFNO4S2. The van der Waals surface area contributed by atoms with E-state index in [-0.39, 0.29) is 15.0 Å². The minimum Gasteiger partial charge on any atom is -0.492 e. The van der Waals surface area contributed by atoms with Crippen molar-refractivity contribution in [1.29, 1.82) is 0 Å². The zero-order valence-electron chi connectivity index (χ0n) is 14.6. The quantitative estimate of drug-likeness (QED) is 0.728. The summed E-state index contributed by atoms with van der Waals surface area (Å²) >= 11 is 7.08. The van der Waals surface area contributed by atoms with Crippen LogP contribution in [0.1, 0.15) is 41.6 Å². The van der Waals surface area contributed by atoms with Crippen molar-refractivity contribution in [2.24, 2.45) is 5.92 Å². The van der Waals surface area contributed by atoms with Crippen molar-refractivity contribution in [3.05, 3.63) is 45.5 Å². The average molecular weight is 432 g/mol. The summed E-state index contributed by atoms with van der Waals surface area (Å²) < 4.78 is 46.3. The van der Waals surface area contributed by atoms with Crippen LogP contribution in [0, 0.1) is 18.7 Å². The van der Waals surface area contributed by atoms with Gasteiger partial charge in [-0.15, -0.1) is 11.3 Å². The Morgan fingerprint density at radius 2 is 2.04 bits per heavy atom. The molecule has 1 aromatic heterocycles. The van der Waals surface area contributed by atoms with Gasteiger partial charge in [-0.3, -0.25) is 4.79 Å². The normalized spacial score (nSPS) is 15.1. The third kappa shape index (κ3) is 4.80. The van der Waals surface area contributed by atoms with Crippen LogP contribution in [-0.4, -0.2) is 20.9 Å². The summed E-state index contributed by atoms with van der Waals surface area (Å²) in [7, 11) is -4.07. The SMILES string of the molecule is Cc1csc(S(=O)(=O)NC(=O)c2cc(Cl)c(OCC3CCCC3)cc2F)c1. The molecule has 9 heteroatoms. The number of aryl methyl sites for hydroxylation is 1. The summed E-state index contributed by atoms with van der Waals surface area (Å²) in [5, 5.41) is 1.70. The average Bonchev–Trinajstić information content (AvgIpc) is 3.26. The Hall–Kier alpha value is -1.64. The van der Waals surface area contributed by atoms with Crippen LogP contribution in [0.5, 0.6) is 5.75 Å². The molecule has 1 saturated carbocycles. The number of hydrogen-bond acceptors (Lipinski definition) is 5. The number of ether oxygens (including phenoxy) is 1. The molecule has 5 nitrogen and oxygen atoms in total. The van der Waals surface area contributed by atoms with Crippen molar-refractivity contribution >= 4 is 38.9 Å². The maximum atomic E-state index is 14.4. The molecule has 27 heavy (non-hydrogen) atoms. The Balaban J connectivity index is 1.74. The van der Waals surface area contributed by atoms with E-state index >= 15 is 0 Å². The van der Waals surface area contributed by atoms with E-state index in [9.17, 15) is 17.6 Å². The lowest BCUT2D eigenvalue weighted by atomic mass is 10.1. The van der Waals surface area contributed by atoms with E-state index in [4.69, 9.17) is 16.3 Å². The van der Waals surface area contributed by atoms with Gasteiger partial charge in [-0.25, -0.2) is 17.5 Å². The molecule has 1 fully saturated rings. The summed E-state index contributed by atoms with van der Waals surface area (Å²) in [6.45, 7) is 2.18. The second kappa shape index (κ2) is 8.16. The van der Waals surface area contributed by atoms with E-state index in [2.05, 4.69) is 0 Å².